The number of allylic oxidation sites excluding steroid dienone is 1. The molecule has 1 unspecified atom stereocenters. The summed E-state index contributed by atoms with van der Waals surface area (Å²) in [4.78, 5) is 55.6. The fourth-order valence-corrected chi connectivity index (χ4v) is 16.1. The number of rotatable bonds is 29. The maximum absolute atomic E-state index is 13.8. The molecule has 0 radical (unpaired) electrons. The van der Waals surface area contributed by atoms with E-state index in [1.165, 1.54) is 76.6 Å². The van der Waals surface area contributed by atoms with Gasteiger partial charge in [-0.3, -0.25) is 14.4 Å². The monoisotopic (exact) mass is 1200 g/mol. The molecule has 87 heavy (non-hydrogen) atoms. The van der Waals surface area contributed by atoms with E-state index in [0.717, 1.165) is 84.3 Å². The van der Waals surface area contributed by atoms with Crippen molar-refractivity contribution in [2.24, 2.45) is 51.8 Å². The number of carboxylic acid groups (broad SMARTS) is 1. The first-order valence-electron chi connectivity index (χ1n) is 33.4. The smallest absolute Gasteiger partial charge is 0.407 e. The van der Waals surface area contributed by atoms with Gasteiger partial charge in [-0.25, -0.2) is 4.79 Å². The molecule has 3 saturated carbocycles. The summed E-state index contributed by atoms with van der Waals surface area (Å²) in [6, 6.07) is 23.2. The van der Waals surface area contributed by atoms with Gasteiger partial charge in [0.05, 0.1) is 47.4 Å². The van der Waals surface area contributed by atoms with E-state index < -0.39 is 23.0 Å². The Balaban J connectivity index is 0.00000145. The quantitative estimate of drug-likeness (QED) is 0.0293. The second kappa shape index (κ2) is 32.2. The number of methoxy groups -OCH3 is 3. The molecule has 1 heterocycles. The van der Waals surface area contributed by atoms with Gasteiger partial charge < -0.3 is 48.6 Å². The Morgan fingerprint density at radius 1 is 0.678 bits per heavy atom. The van der Waals surface area contributed by atoms with Gasteiger partial charge in [0.25, 0.3) is 0 Å². The van der Waals surface area contributed by atoms with Crippen molar-refractivity contribution in [2.75, 3.05) is 73.8 Å². The van der Waals surface area contributed by atoms with E-state index in [-0.39, 0.29) is 49.6 Å². The summed E-state index contributed by atoms with van der Waals surface area (Å²) >= 11 is 0. The van der Waals surface area contributed by atoms with Gasteiger partial charge in [-0.2, -0.15) is 0 Å². The van der Waals surface area contributed by atoms with Crippen LogP contribution >= 0.6 is 0 Å². The van der Waals surface area contributed by atoms with E-state index in [0.29, 0.717) is 68.0 Å². The van der Waals surface area contributed by atoms with Gasteiger partial charge in [-0.05, 0) is 190 Å². The lowest BCUT2D eigenvalue weighted by molar-refractivity contribution is -0.157. The van der Waals surface area contributed by atoms with Crippen LogP contribution in [0.25, 0.3) is 0 Å². The molecule has 3 aromatic carbocycles. The summed E-state index contributed by atoms with van der Waals surface area (Å²) in [5.74, 6) is 5.20. The van der Waals surface area contributed by atoms with Gasteiger partial charge in [0.1, 0.15) is 29.0 Å². The second-order valence-electron chi connectivity index (χ2n) is 27.0. The minimum absolute atomic E-state index is 0.00945. The molecule has 0 bridgehead atoms. The number of ether oxygens (including phenoxy) is 6. The predicted octanol–water partition coefficient (Wildman–Crippen LogP) is 15.1. The Morgan fingerprint density at radius 2 is 1.26 bits per heavy atom. The van der Waals surface area contributed by atoms with E-state index in [1.807, 2.05) is 77.7 Å². The number of unbranched alkanes of at least 4 members (excludes halogenated alkanes) is 2. The number of nitrogens with zero attached hydrogens (tertiary/aromatic N) is 2. The first-order valence-corrected chi connectivity index (χ1v) is 33.4. The molecule has 14 nitrogen and oxygen atoms in total. The highest BCUT2D eigenvalue weighted by atomic mass is 16.6. The van der Waals surface area contributed by atoms with Crippen molar-refractivity contribution in [3.05, 3.63) is 101 Å². The van der Waals surface area contributed by atoms with Crippen molar-refractivity contribution in [2.45, 2.75) is 189 Å². The first kappa shape index (κ1) is 68.9. The normalized spacial score (nSPS) is 24.3. The molecular formula is C73H109N3O11. The molecular weight excluding hydrogens is 1090 g/mol. The molecule has 4 fully saturated rings. The topological polar surface area (TPSA) is 162 Å². The van der Waals surface area contributed by atoms with Gasteiger partial charge in [0.2, 0.25) is 5.91 Å². The highest BCUT2D eigenvalue weighted by Gasteiger charge is 2.59. The number of alkyl carbamates (subject to hydrolysis) is 1. The molecule has 0 spiro atoms. The Kier molecular flexibility index (Phi) is 25.5. The first-order chi connectivity index (χ1) is 41.8. The molecule has 8 atom stereocenters. The number of hydrogen-bond acceptors (Lipinski definition) is 11. The van der Waals surface area contributed by atoms with E-state index in [9.17, 15) is 24.3 Å². The third-order valence-electron chi connectivity index (χ3n) is 21.6. The summed E-state index contributed by atoms with van der Waals surface area (Å²) in [6.07, 6.45) is 18.7. The Labute approximate surface area is 522 Å². The lowest BCUT2D eigenvalue weighted by atomic mass is 9.47. The number of carbonyl (C=O) groups is 4. The SMILES string of the molecule is CCN(CC)CC.COc1ccc(C(OCC2(COC(=O)CCC(=O)O)CCN(C(=O)CCCCCNC(=O)OC3CC[C@@]4(C)C(=CC[C@H]5[C@@H]6CC[C@H]([C@H](C)CCCC(C)C)[C@@]6(C)CC[C@@H]54)C3)CC2)(c2ccc(OC)cc2)c2ccc(OC)cc2)cc1. The van der Waals surface area contributed by atoms with Crippen LogP contribution in [0.2, 0.25) is 0 Å². The minimum atomic E-state index is -1.18. The highest BCUT2D eigenvalue weighted by molar-refractivity contribution is 5.77. The molecule has 3 aromatic rings. The number of carbonyl (C=O) groups excluding carboxylic acids is 3. The molecule has 1 saturated heterocycles. The molecule has 482 valence electrons. The van der Waals surface area contributed by atoms with Gasteiger partial charge in [-0.15, -0.1) is 0 Å². The van der Waals surface area contributed by atoms with Crippen LogP contribution < -0.4 is 19.5 Å². The number of piperidine rings is 1. The Morgan fingerprint density at radius 3 is 1.79 bits per heavy atom. The van der Waals surface area contributed by atoms with Crippen LogP contribution in [0.3, 0.4) is 0 Å². The maximum Gasteiger partial charge on any atom is 0.407 e. The average molecular weight is 1200 g/mol. The lowest BCUT2D eigenvalue weighted by Gasteiger charge is -2.58. The highest BCUT2D eigenvalue weighted by Crippen LogP contribution is 2.67. The average Bonchev–Trinajstić information content (AvgIpc) is 1.76. The molecule has 1 aliphatic heterocycles. The number of likely N-dealkylation sites (tertiary alicyclic amines) is 1. The van der Waals surface area contributed by atoms with Gasteiger partial charge in [0, 0.05) is 37.9 Å². The van der Waals surface area contributed by atoms with Crippen LogP contribution in [0.4, 0.5) is 4.79 Å². The summed E-state index contributed by atoms with van der Waals surface area (Å²) in [7, 11) is 4.86. The summed E-state index contributed by atoms with van der Waals surface area (Å²) in [5.41, 5.74) is 2.78. The molecule has 2 N–H and O–H groups in total. The maximum atomic E-state index is 13.8. The van der Waals surface area contributed by atoms with E-state index in [2.05, 4.69) is 71.7 Å². The largest absolute Gasteiger partial charge is 0.497 e. The zero-order valence-corrected chi connectivity index (χ0v) is 55.1. The Bertz CT molecular complexity index is 2540. The lowest BCUT2D eigenvalue weighted by Crippen LogP contribution is -2.51. The summed E-state index contributed by atoms with van der Waals surface area (Å²) in [6.45, 7) is 24.1. The number of hydrogen-bond donors (Lipinski definition) is 2. The third-order valence-corrected chi connectivity index (χ3v) is 21.6. The number of esters is 1. The number of aliphatic carboxylic acids is 1. The number of fused-ring (bicyclic) bond motifs is 5. The van der Waals surface area contributed by atoms with Gasteiger partial charge >= 0.3 is 18.0 Å². The summed E-state index contributed by atoms with van der Waals surface area (Å²) in [5, 5.41) is 12.3. The fourth-order valence-electron chi connectivity index (χ4n) is 16.1. The number of benzene rings is 3. The van der Waals surface area contributed by atoms with Crippen molar-refractivity contribution in [3.63, 3.8) is 0 Å². The van der Waals surface area contributed by atoms with Gasteiger partial charge in [-0.1, -0.05) is 129 Å². The van der Waals surface area contributed by atoms with Crippen LogP contribution in [0.5, 0.6) is 17.2 Å². The zero-order chi connectivity index (χ0) is 62.8. The summed E-state index contributed by atoms with van der Waals surface area (Å²) < 4.78 is 36.0. The van der Waals surface area contributed by atoms with Crippen molar-refractivity contribution >= 4 is 23.9 Å². The van der Waals surface area contributed by atoms with Crippen LogP contribution in [-0.4, -0.2) is 119 Å². The molecule has 14 heteroatoms. The van der Waals surface area contributed by atoms with Gasteiger partial charge in [0.15, 0.2) is 0 Å². The van der Waals surface area contributed by atoms with Crippen molar-refractivity contribution < 1.29 is 52.7 Å². The molecule has 0 aromatic heterocycles. The minimum Gasteiger partial charge on any atom is -0.497 e. The molecule has 4 aliphatic carbocycles. The van der Waals surface area contributed by atoms with Crippen LogP contribution in [0.1, 0.15) is 194 Å². The third kappa shape index (κ3) is 17.2. The standard InChI is InChI=1S/C67H94N2O11.C6H15N/c1-46(2)13-12-14-47(3)57-30-31-58-56-29-22-51-43-55(34-36-64(51,4)59(56)35-37-65(57,58)5)80-63(74)68-40-11-9-10-15-60(70)69-41-38-66(39-42-69,44-78-62(73)33-32-61(71)72)45-79-67(48-16-23-52(75-6)24-17-48,49-18-25-53(76-7)26-19-49)50-20-27-54(77-8)28-21-50;1-4-7(5-2)6-3/h16-28,46-47,55-59H,9-15,29-45H2,1-8H3,(H,68,74)(H,71,72);4-6H2,1-3H3/t47-,55?,56+,57-,58+,59+,64+,65-;/m1./s1. The van der Waals surface area contributed by atoms with E-state index in [4.69, 9.17) is 28.4 Å². The Hall–Kier alpha value is -5.60. The number of amides is 2. The number of nitrogens with one attached hydrogen (secondary N) is 1. The van der Waals surface area contributed by atoms with E-state index in [1.54, 1.807) is 21.3 Å². The van der Waals surface area contributed by atoms with Crippen molar-refractivity contribution in [1.29, 1.82) is 0 Å². The zero-order valence-electron chi connectivity index (χ0n) is 55.1. The molecule has 5 aliphatic rings. The van der Waals surface area contributed by atoms with E-state index >= 15 is 0 Å². The van der Waals surface area contributed by atoms with Crippen LogP contribution in [-0.2, 0) is 34.2 Å². The molecule has 8 rings (SSSR count). The van der Waals surface area contributed by atoms with Crippen LogP contribution in [0, 0.1) is 51.8 Å². The number of carboxylic acids is 1. The fraction of sp³-hybridized carbons (Fsp3) is 0.671. The molecule has 2 amide bonds. The second-order valence-corrected chi connectivity index (χ2v) is 27.0. The van der Waals surface area contributed by atoms with Crippen molar-refractivity contribution in [1.82, 2.24) is 15.1 Å². The van der Waals surface area contributed by atoms with Crippen LogP contribution in [0.15, 0.2) is 84.4 Å². The van der Waals surface area contributed by atoms with Crippen molar-refractivity contribution in [3.8, 4) is 17.2 Å². The predicted molar refractivity (Wildman–Crippen MR) is 344 cm³/mol.